The number of nitriles is 1. The van der Waals surface area contributed by atoms with Crippen LogP contribution in [0.4, 0.5) is 0 Å². The number of nitrogens with zero attached hydrogens (tertiary/aromatic N) is 1. The molecule has 2 aliphatic carbocycles. The van der Waals surface area contributed by atoms with Crippen molar-refractivity contribution in [2.45, 2.75) is 51.4 Å². The van der Waals surface area contributed by atoms with Crippen molar-refractivity contribution in [1.82, 2.24) is 0 Å². The zero-order valence-corrected chi connectivity index (χ0v) is 9.84. The molecule has 0 radical (unpaired) electrons. The van der Waals surface area contributed by atoms with Gasteiger partial charge in [0.05, 0.1) is 11.6 Å². The topological polar surface area (TPSA) is 23.8 Å². The van der Waals surface area contributed by atoms with Crippen LogP contribution in [0.5, 0.6) is 0 Å². The van der Waals surface area contributed by atoms with Gasteiger partial charge in [-0.3, -0.25) is 0 Å². The number of fused-ring (bicyclic) bond motifs is 9. The zero-order chi connectivity index (χ0) is 11.2. The molecule has 1 aromatic carbocycles. The lowest BCUT2D eigenvalue weighted by Gasteiger charge is -2.09. The molecule has 2 bridgehead atoms. The first-order chi connectivity index (χ1) is 7.90. The molecule has 2 aliphatic rings. The van der Waals surface area contributed by atoms with Gasteiger partial charge in [0.2, 0.25) is 0 Å². The smallest absolute Gasteiger partial charge is 0.0994 e. The summed E-state index contributed by atoms with van der Waals surface area (Å²) in [6.45, 7) is 0. The van der Waals surface area contributed by atoms with Crippen LogP contribution < -0.4 is 0 Å². The van der Waals surface area contributed by atoms with Crippen LogP contribution in [0.2, 0.25) is 0 Å². The lowest BCUT2D eigenvalue weighted by Crippen LogP contribution is -1.96. The second kappa shape index (κ2) is 5.70. The zero-order valence-electron chi connectivity index (χ0n) is 9.84. The monoisotopic (exact) mass is 213 g/mol. The van der Waals surface area contributed by atoms with E-state index in [-0.39, 0.29) is 0 Å². The first-order valence-corrected chi connectivity index (χ1v) is 6.42. The third kappa shape index (κ3) is 2.85. The highest BCUT2D eigenvalue weighted by Crippen LogP contribution is 2.18. The summed E-state index contributed by atoms with van der Waals surface area (Å²) < 4.78 is 0. The Morgan fingerprint density at radius 3 is 2.31 bits per heavy atom. The Balaban J connectivity index is 2.21. The van der Waals surface area contributed by atoms with E-state index in [0.29, 0.717) is 0 Å². The molecule has 1 heteroatoms. The maximum atomic E-state index is 9.13. The van der Waals surface area contributed by atoms with Gasteiger partial charge in [-0.1, -0.05) is 37.8 Å². The molecule has 0 aliphatic heterocycles. The molecule has 0 heterocycles. The molecule has 0 aromatic heterocycles. The van der Waals surface area contributed by atoms with Crippen molar-refractivity contribution in [3.05, 3.63) is 34.9 Å². The fourth-order valence-electron chi connectivity index (χ4n) is 2.45. The average molecular weight is 213 g/mol. The van der Waals surface area contributed by atoms with Gasteiger partial charge in [-0.05, 0) is 42.9 Å². The van der Waals surface area contributed by atoms with Crippen LogP contribution in [0.3, 0.4) is 0 Å². The lowest BCUT2D eigenvalue weighted by molar-refractivity contribution is 0.591. The SMILES string of the molecule is N#Cc1cc2ccc1CCCCCCCC2. The van der Waals surface area contributed by atoms with E-state index in [2.05, 4.69) is 24.3 Å². The summed E-state index contributed by atoms with van der Waals surface area (Å²) in [6.07, 6.45) is 10.1. The van der Waals surface area contributed by atoms with Crippen LogP contribution in [-0.2, 0) is 12.8 Å². The maximum Gasteiger partial charge on any atom is 0.0994 e. The minimum atomic E-state index is 0.901. The molecule has 16 heavy (non-hydrogen) atoms. The van der Waals surface area contributed by atoms with Gasteiger partial charge in [0, 0.05) is 0 Å². The van der Waals surface area contributed by atoms with Gasteiger partial charge in [0.1, 0.15) is 0 Å². The summed E-state index contributed by atoms with van der Waals surface area (Å²) in [5.74, 6) is 0. The van der Waals surface area contributed by atoms with E-state index in [0.717, 1.165) is 18.4 Å². The highest BCUT2D eigenvalue weighted by molar-refractivity contribution is 5.40. The third-order valence-electron chi connectivity index (χ3n) is 3.46. The first kappa shape index (κ1) is 11.2. The molecule has 1 aromatic rings. The highest BCUT2D eigenvalue weighted by Gasteiger charge is 2.05. The summed E-state index contributed by atoms with van der Waals surface area (Å²) >= 11 is 0. The molecule has 0 saturated carbocycles. The number of hydrogen-bond acceptors (Lipinski definition) is 1. The minimum absolute atomic E-state index is 0.901. The number of aryl methyl sites for hydroxylation is 2. The van der Waals surface area contributed by atoms with E-state index in [1.54, 1.807) is 0 Å². The standard InChI is InChI=1S/C15H19N/c16-12-15-11-13-7-5-3-1-2-4-6-8-14(15)10-9-13/h9-11H,1-8H2. The number of benzene rings is 1. The predicted molar refractivity (Wildman–Crippen MR) is 66.3 cm³/mol. The second-order valence-corrected chi connectivity index (χ2v) is 4.72. The van der Waals surface area contributed by atoms with Crippen molar-refractivity contribution >= 4 is 0 Å². The van der Waals surface area contributed by atoms with Crippen molar-refractivity contribution in [1.29, 1.82) is 5.26 Å². The Morgan fingerprint density at radius 1 is 0.875 bits per heavy atom. The Labute approximate surface area is 98.1 Å². The maximum absolute atomic E-state index is 9.13. The van der Waals surface area contributed by atoms with E-state index < -0.39 is 0 Å². The van der Waals surface area contributed by atoms with Crippen molar-refractivity contribution in [2.24, 2.45) is 0 Å². The van der Waals surface area contributed by atoms with E-state index in [1.165, 1.54) is 49.7 Å². The van der Waals surface area contributed by atoms with Gasteiger partial charge in [0.15, 0.2) is 0 Å². The number of rotatable bonds is 0. The lowest BCUT2D eigenvalue weighted by atomic mass is 9.95. The van der Waals surface area contributed by atoms with Crippen molar-refractivity contribution in [2.75, 3.05) is 0 Å². The minimum Gasteiger partial charge on any atom is -0.192 e. The van der Waals surface area contributed by atoms with Crippen LogP contribution in [0, 0.1) is 11.3 Å². The molecule has 0 unspecified atom stereocenters. The summed E-state index contributed by atoms with van der Waals surface area (Å²) in [6, 6.07) is 8.80. The van der Waals surface area contributed by atoms with E-state index >= 15 is 0 Å². The average Bonchev–Trinajstić information content (AvgIpc) is 2.30. The van der Waals surface area contributed by atoms with Gasteiger partial charge in [-0.25, -0.2) is 0 Å². The van der Waals surface area contributed by atoms with Crippen LogP contribution in [0.15, 0.2) is 18.2 Å². The van der Waals surface area contributed by atoms with Gasteiger partial charge in [-0.15, -0.1) is 0 Å². The summed E-state index contributed by atoms with van der Waals surface area (Å²) in [5, 5.41) is 9.13. The summed E-state index contributed by atoms with van der Waals surface area (Å²) in [4.78, 5) is 0. The Morgan fingerprint density at radius 2 is 1.56 bits per heavy atom. The van der Waals surface area contributed by atoms with Crippen LogP contribution in [-0.4, -0.2) is 0 Å². The molecule has 0 fully saturated rings. The van der Waals surface area contributed by atoms with Gasteiger partial charge in [-0.2, -0.15) is 5.26 Å². The molecular formula is C15H19N. The molecule has 3 rings (SSSR count). The normalized spacial score (nSPS) is 17.2. The van der Waals surface area contributed by atoms with Gasteiger partial charge >= 0.3 is 0 Å². The molecule has 0 spiro atoms. The fraction of sp³-hybridized carbons (Fsp3) is 0.533. The molecule has 0 N–H and O–H groups in total. The van der Waals surface area contributed by atoms with Gasteiger partial charge in [0.25, 0.3) is 0 Å². The summed E-state index contributed by atoms with van der Waals surface area (Å²) in [5.41, 5.74) is 3.48. The first-order valence-electron chi connectivity index (χ1n) is 6.42. The van der Waals surface area contributed by atoms with Gasteiger partial charge < -0.3 is 0 Å². The molecule has 0 atom stereocenters. The summed E-state index contributed by atoms with van der Waals surface area (Å²) in [7, 11) is 0. The Bertz CT molecular complexity index is 387. The molecule has 0 saturated heterocycles. The van der Waals surface area contributed by atoms with Crippen molar-refractivity contribution in [3.8, 4) is 6.07 Å². The third-order valence-corrected chi connectivity index (χ3v) is 3.46. The molecule has 1 nitrogen and oxygen atoms in total. The molecular weight excluding hydrogens is 194 g/mol. The number of hydrogen-bond donors (Lipinski definition) is 0. The van der Waals surface area contributed by atoms with Crippen LogP contribution in [0.1, 0.15) is 55.2 Å². The predicted octanol–water partition coefficient (Wildman–Crippen LogP) is 4.00. The second-order valence-electron chi connectivity index (χ2n) is 4.72. The van der Waals surface area contributed by atoms with Crippen LogP contribution in [0.25, 0.3) is 0 Å². The fourth-order valence-corrected chi connectivity index (χ4v) is 2.45. The quantitative estimate of drug-likeness (QED) is 0.639. The molecule has 0 amide bonds. The Hall–Kier alpha value is -1.29. The molecule has 84 valence electrons. The van der Waals surface area contributed by atoms with E-state index in [9.17, 15) is 0 Å². The highest BCUT2D eigenvalue weighted by atomic mass is 14.2. The largest absolute Gasteiger partial charge is 0.192 e. The van der Waals surface area contributed by atoms with E-state index in [4.69, 9.17) is 5.26 Å². The van der Waals surface area contributed by atoms with Crippen molar-refractivity contribution < 1.29 is 0 Å². The van der Waals surface area contributed by atoms with Crippen LogP contribution >= 0.6 is 0 Å². The van der Waals surface area contributed by atoms with Crippen molar-refractivity contribution in [3.63, 3.8) is 0 Å². The van der Waals surface area contributed by atoms with E-state index in [1.807, 2.05) is 0 Å². The Kier molecular flexibility index (Phi) is 3.99.